The number of allylic oxidation sites excluding steroid dienone is 1. The molecule has 1 aliphatic heterocycles. The van der Waals surface area contributed by atoms with Gasteiger partial charge in [0.1, 0.15) is 5.82 Å². The van der Waals surface area contributed by atoms with Crippen LogP contribution in [0.25, 0.3) is 22.3 Å². The van der Waals surface area contributed by atoms with Gasteiger partial charge in [-0.05, 0) is 72.8 Å². The molecule has 0 aliphatic carbocycles. The van der Waals surface area contributed by atoms with Crippen LogP contribution in [-0.2, 0) is 11.2 Å². The second-order valence-electron chi connectivity index (χ2n) is 9.80. The Morgan fingerprint density at radius 2 is 1.64 bits per heavy atom. The molecule has 2 unspecified atom stereocenters. The lowest BCUT2D eigenvalue weighted by Crippen LogP contribution is -2.21. The largest absolute Gasteiger partial charge is 0.373 e. The van der Waals surface area contributed by atoms with Crippen molar-refractivity contribution in [2.24, 2.45) is 5.92 Å². The number of aryl methyl sites for hydroxylation is 1. The van der Waals surface area contributed by atoms with Gasteiger partial charge in [-0.15, -0.1) is 6.58 Å². The molecule has 2 atom stereocenters. The van der Waals surface area contributed by atoms with Gasteiger partial charge in [-0.3, -0.25) is 0 Å². The summed E-state index contributed by atoms with van der Waals surface area (Å²) in [5.74, 6) is -1.35. The minimum Gasteiger partial charge on any atom is -0.373 e. The Bertz CT molecular complexity index is 1160. The first-order chi connectivity index (χ1) is 17.5. The zero-order valence-electron chi connectivity index (χ0n) is 21.0. The van der Waals surface area contributed by atoms with Gasteiger partial charge in [-0.25, -0.2) is 13.2 Å². The second-order valence-corrected chi connectivity index (χ2v) is 9.80. The highest BCUT2D eigenvalue weighted by atomic mass is 19.2. The standard InChI is InChI=1S/C32H35F3O/c1-3-5-7-9-25-15-17-27(32(35)31(25)34)24-13-11-23(12-14-24)26-16-18-28(29(33)20-26)30-19-10-22(21-36-30)8-6-4-2/h4,11-18,20,22,30H,2-3,5-10,19,21H2,1H3. The summed E-state index contributed by atoms with van der Waals surface area (Å²) in [4.78, 5) is 0. The Labute approximate surface area is 213 Å². The monoisotopic (exact) mass is 492 g/mol. The van der Waals surface area contributed by atoms with Gasteiger partial charge >= 0.3 is 0 Å². The Kier molecular flexibility index (Phi) is 9.03. The van der Waals surface area contributed by atoms with Crippen LogP contribution in [0.5, 0.6) is 0 Å². The third-order valence-corrected chi connectivity index (χ3v) is 7.24. The predicted molar refractivity (Wildman–Crippen MR) is 141 cm³/mol. The number of hydrogen-bond donors (Lipinski definition) is 0. The highest BCUT2D eigenvalue weighted by Crippen LogP contribution is 2.35. The summed E-state index contributed by atoms with van der Waals surface area (Å²) in [5.41, 5.74) is 3.39. The smallest absolute Gasteiger partial charge is 0.166 e. The van der Waals surface area contributed by atoms with Crippen LogP contribution in [0.2, 0.25) is 0 Å². The molecule has 0 aromatic heterocycles. The van der Waals surface area contributed by atoms with Gasteiger partial charge in [0.25, 0.3) is 0 Å². The maximum atomic E-state index is 15.0. The molecule has 0 N–H and O–H groups in total. The Morgan fingerprint density at radius 3 is 2.31 bits per heavy atom. The Hall–Kier alpha value is -2.85. The van der Waals surface area contributed by atoms with Crippen LogP contribution >= 0.6 is 0 Å². The molecule has 4 heteroatoms. The summed E-state index contributed by atoms with van der Waals surface area (Å²) >= 11 is 0. The molecular formula is C32H35F3O. The van der Waals surface area contributed by atoms with Crippen molar-refractivity contribution in [1.29, 1.82) is 0 Å². The fourth-order valence-electron chi connectivity index (χ4n) is 5.01. The molecule has 0 bridgehead atoms. The van der Waals surface area contributed by atoms with Gasteiger partial charge in [0.05, 0.1) is 12.7 Å². The highest BCUT2D eigenvalue weighted by molar-refractivity contribution is 5.71. The molecule has 1 heterocycles. The Balaban J connectivity index is 1.45. The molecular weight excluding hydrogens is 457 g/mol. The van der Waals surface area contributed by atoms with Crippen molar-refractivity contribution in [3.63, 3.8) is 0 Å². The topological polar surface area (TPSA) is 9.23 Å². The van der Waals surface area contributed by atoms with Crippen LogP contribution in [0.3, 0.4) is 0 Å². The van der Waals surface area contributed by atoms with Crippen LogP contribution < -0.4 is 0 Å². The van der Waals surface area contributed by atoms with Gasteiger partial charge < -0.3 is 4.74 Å². The number of rotatable bonds is 10. The van der Waals surface area contributed by atoms with E-state index in [1.54, 1.807) is 30.3 Å². The summed E-state index contributed by atoms with van der Waals surface area (Å²) in [6.07, 6.45) is 9.01. The van der Waals surface area contributed by atoms with E-state index in [2.05, 4.69) is 13.5 Å². The third kappa shape index (κ3) is 6.10. The van der Waals surface area contributed by atoms with Crippen molar-refractivity contribution < 1.29 is 17.9 Å². The summed E-state index contributed by atoms with van der Waals surface area (Å²) in [5, 5.41) is 0. The number of benzene rings is 3. The fourth-order valence-corrected chi connectivity index (χ4v) is 5.01. The summed E-state index contributed by atoms with van der Waals surface area (Å²) in [6, 6.07) is 15.7. The van der Waals surface area contributed by atoms with Crippen molar-refractivity contribution in [2.75, 3.05) is 6.61 Å². The van der Waals surface area contributed by atoms with Crippen LogP contribution in [-0.4, -0.2) is 6.61 Å². The molecule has 36 heavy (non-hydrogen) atoms. The zero-order chi connectivity index (χ0) is 25.5. The molecule has 0 amide bonds. The maximum absolute atomic E-state index is 15.0. The van der Waals surface area contributed by atoms with Crippen LogP contribution in [0.4, 0.5) is 13.2 Å². The van der Waals surface area contributed by atoms with Crippen LogP contribution in [0.15, 0.2) is 67.3 Å². The average Bonchev–Trinajstić information content (AvgIpc) is 2.90. The minimum atomic E-state index is -0.814. The average molecular weight is 493 g/mol. The number of ether oxygens (including phenoxy) is 1. The Morgan fingerprint density at radius 1 is 0.889 bits per heavy atom. The molecule has 3 aromatic rings. The van der Waals surface area contributed by atoms with Crippen molar-refractivity contribution >= 4 is 0 Å². The van der Waals surface area contributed by atoms with Gasteiger partial charge in [-0.1, -0.05) is 74.4 Å². The molecule has 0 radical (unpaired) electrons. The lowest BCUT2D eigenvalue weighted by atomic mass is 9.90. The van der Waals surface area contributed by atoms with E-state index in [1.807, 2.05) is 24.3 Å². The number of halogens is 3. The minimum absolute atomic E-state index is 0.218. The van der Waals surface area contributed by atoms with E-state index in [0.29, 0.717) is 35.6 Å². The van der Waals surface area contributed by atoms with E-state index in [-0.39, 0.29) is 17.5 Å². The number of unbranched alkanes of at least 4 members (excludes halogenated alkanes) is 2. The lowest BCUT2D eigenvalue weighted by molar-refractivity contribution is -0.0207. The molecule has 0 spiro atoms. The summed E-state index contributed by atoms with van der Waals surface area (Å²) in [7, 11) is 0. The third-order valence-electron chi connectivity index (χ3n) is 7.24. The lowest BCUT2D eigenvalue weighted by Gasteiger charge is -2.29. The van der Waals surface area contributed by atoms with Gasteiger partial charge in [0.2, 0.25) is 0 Å². The van der Waals surface area contributed by atoms with Crippen molar-refractivity contribution in [3.05, 3.63) is 95.8 Å². The normalized spacial score (nSPS) is 17.8. The molecule has 0 saturated carbocycles. The van der Waals surface area contributed by atoms with E-state index < -0.39 is 11.6 Å². The van der Waals surface area contributed by atoms with Gasteiger partial charge in [0, 0.05) is 11.1 Å². The van der Waals surface area contributed by atoms with Crippen molar-refractivity contribution in [3.8, 4) is 22.3 Å². The van der Waals surface area contributed by atoms with E-state index in [4.69, 9.17) is 4.74 Å². The molecule has 1 aliphatic rings. The fraction of sp³-hybridized carbons (Fsp3) is 0.375. The van der Waals surface area contributed by atoms with Crippen LogP contribution in [0.1, 0.15) is 69.1 Å². The van der Waals surface area contributed by atoms with E-state index in [1.165, 1.54) is 6.07 Å². The first-order valence-corrected chi connectivity index (χ1v) is 13.1. The molecule has 1 saturated heterocycles. The van der Waals surface area contributed by atoms with Gasteiger partial charge in [0.15, 0.2) is 11.6 Å². The molecule has 1 nitrogen and oxygen atoms in total. The number of hydrogen-bond acceptors (Lipinski definition) is 1. The molecule has 3 aromatic carbocycles. The first-order valence-electron chi connectivity index (χ1n) is 13.1. The van der Waals surface area contributed by atoms with Crippen LogP contribution in [0, 0.1) is 23.4 Å². The SMILES string of the molecule is C=CCCC1CCC(c2ccc(-c3ccc(-c4ccc(CCCCC)c(F)c4F)cc3)cc2F)OC1. The second kappa shape index (κ2) is 12.4. The summed E-state index contributed by atoms with van der Waals surface area (Å²) < 4.78 is 50.4. The van der Waals surface area contributed by atoms with E-state index in [9.17, 15) is 8.78 Å². The molecule has 4 rings (SSSR count). The first kappa shape index (κ1) is 26.2. The molecule has 190 valence electrons. The molecule has 1 fully saturated rings. The van der Waals surface area contributed by atoms with Gasteiger partial charge in [-0.2, -0.15) is 0 Å². The van der Waals surface area contributed by atoms with Crippen molar-refractivity contribution in [2.45, 2.75) is 64.4 Å². The predicted octanol–water partition coefficient (Wildman–Crippen LogP) is 9.60. The van der Waals surface area contributed by atoms with E-state index in [0.717, 1.165) is 56.1 Å². The highest BCUT2D eigenvalue weighted by Gasteiger charge is 2.25. The van der Waals surface area contributed by atoms with Crippen molar-refractivity contribution in [1.82, 2.24) is 0 Å². The summed E-state index contributed by atoms with van der Waals surface area (Å²) in [6.45, 7) is 6.50. The van der Waals surface area contributed by atoms with E-state index >= 15 is 4.39 Å². The quantitative estimate of drug-likeness (QED) is 0.202. The maximum Gasteiger partial charge on any atom is 0.166 e. The zero-order valence-corrected chi connectivity index (χ0v) is 21.0.